The molecule has 1 saturated carbocycles. The summed E-state index contributed by atoms with van der Waals surface area (Å²) in [5.74, 6) is -1.50. The van der Waals surface area contributed by atoms with Gasteiger partial charge in [0.25, 0.3) is 5.91 Å². The quantitative estimate of drug-likeness (QED) is 0.797. The van der Waals surface area contributed by atoms with Crippen LogP contribution < -0.4 is 0 Å². The van der Waals surface area contributed by atoms with E-state index in [0.29, 0.717) is 18.5 Å². The summed E-state index contributed by atoms with van der Waals surface area (Å²) in [7, 11) is 0. The highest BCUT2D eigenvalue weighted by Crippen LogP contribution is 2.56. The molecule has 3 nitrogen and oxygen atoms in total. The molecule has 1 saturated heterocycles. The van der Waals surface area contributed by atoms with Gasteiger partial charge >= 0.3 is 6.18 Å². The Morgan fingerprint density at radius 1 is 1.45 bits per heavy atom. The number of hydrogen-bond donors (Lipinski definition) is 0. The van der Waals surface area contributed by atoms with E-state index in [0.717, 1.165) is 6.42 Å². The largest absolute Gasteiger partial charge is 0.392 e. The number of rotatable bonds is 1. The lowest BCUT2D eigenvalue weighted by atomic mass is 9.58. The van der Waals surface area contributed by atoms with Crippen LogP contribution in [0.15, 0.2) is 10.9 Å². The van der Waals surface area contributed by atoms with E-state index in [1.165, 1.54) is 11.3 Å². The van der Waals surface area contributed by atoms with Gasteiger partial charge in [0.05, 0.1) is 11.4 Å². The fourth-order valence-corrected chi connectivity index (χ4v) is 3.99. The summed E-state index contributed by atoms with van der Waals surface area (Å²) in [6.45, 7) is 0.385. The lowest BCUT2D eigenvalue weighted by molar-refractivity contribution is -0.235. The summed E-state index contributed by atoms with van der Waals surface area (Å²) >= 11 is 1.32. The Morgan fingerprint density at radius 3 is 2.70 bits per heavy atom. The highest BCUT2D eigenvalue weighted by molar-refractivity contribution is 7.07. The molecule has 1 spiro atoms. The van der Waals surface area contributed by atoms with Crippen molar-refractivity contribution in [3.05, 3.63) is 16.6 Å². The van der Waals surface area contributed by atoms with Gasteiger partial charge in [-0.25, -0.2) is 4.98 Å². The summed E-state index contributed by atoms with van der Waals surface area (Å²) in [6.07, 6.45) is -2.18. The lowest BCUT2D eigenvalue weighted by Gasteiger charge is -2.54. The van der Waals surface area contributed by atoms with Crippen LogP contribution in [0.25, 0.3) is 0 Å². The van der Waals surface area contributed by atoms with Crippen molar-refractivity contribution >= 4 is 17.2 Å². The van der Waals surface area contributed by atoms with Gasteiger partial charge in [0, 0.05) is 18.5 Å². The first-order valence-corrected chi connectivity index (χ1v) is 7.61. The first kappa shape index (κ1) is 13.9. The van der Waals surface area contributed by atoms with Crippen molar-refractivity contribution in [1.82, 2.24) is 9.88 Å². The SMILES string of the molecule is O=C(c1cscn1)N1CCC(C(F)(F)F)C2(CCC2)C1. The monoisotopic (exact) mass is 304 g/mol. The third-order valence-corrected chi connectivity index (χ3v) is 5.20. The summed E-state index contributed by atoms with van der Waals surface area (Å²) in [4.78, 5) is 17.7. The van der Waals surface area contributed by atoms with Gasteiger partial charge in [-0.2, -0.15) is 13.2 Å². The number of aromatic nitrogens is 1. The lowest BCUT2D eigenvalue weighted by Crippen LogP contribution is -2.57. The fraction of sp³-hybridized carbons (Fsp3) is 0.692. The van der Waals surface area contributed by atoms with E-state index >= 15 is 0 Å². The number of halogens is 3. The Bertz CT molecular complexity index is 496. The third kappa shape index (κ3) is 2.21. The number of carbonyl (C=O) groups is 1. The molecule has 1 unspecified atom stereocenters. The van der Waals surface area contributed by atoms with Crippen molar-refractivity contribution in [2.45, 2.75) is 31.9 Å². The molecule has 0 aromatic carbocycles. The summed E-state index contributed by atoms with van der Waals surface area (Å²) < 4.78 is 39.4. The van der Waals surface area contributed by atoms with E-state index in [1.54, 1.807) is 15.8 Å². The zero-order valence-corrected chi connectivity index (χ0v) is 11.6. The second-order valence-electron chi connectivity index (χ2n) is 5.70. The van der Waals surface area contributed by atoms with Crippen molar-refractivity contribution in [2.24, 2.45) is 11.3 Å². The number of alkyl halides is 3. The Kier molecular flexibility index (Phi) is 3.27. The summed E-state index contributed by atoms with van der Waals surface area (Å²) in [5.41, 5.74) is 1.16. The van der Waals surface area contributed by atoms with Crippen LogP contribution in [-0.4, -0.2) is 35.1 Å². The fourth-order valence-electron chi connectivity index (χ4n) is 3.46. The van der Waals surface area contributed by atoms with Crippen LogP contribution in [0.5, 0.6) is 0 Å². The number of carbonyl (C=O) groups excluding carboxylic acids is 1. The van der Waals surface area contributed by atoms with Gasteiger partial charge in [-0.1, -0.05) is 6.42 Å². The second kappa shape index (κ2) is 4.72. The first-order chi connectivity index (χ1) is 9.42. The molecule has 3 rings (SSSR count). The summed E-state index contributed by atoms with van der Waals surface area (Å²) in [6, 6.07) is 0. The number of thiazole rings is 1. The Labute approximate surface area is 118 Å². The van der Waals surface area contributed by atoms with E-state index in [2.05, 4.69) is 4.98 Å². The average Bonchev–Trinajstić information content (AvgIpc) is 2.88. The van der Waals surface area contributed by atoms with Gasteiger partial charge in [0.1, 0.15) is 5.69 Å². The molecule has 1 aliphatic carbocycles. The van der Waals surface area contributed by atoms with Gasteiger partial charge in [-0.15, -0.1) is 11.3 Å². The molecule has 20 heavy (non-hydrogen) atoms. The molecule has 1 aromatic heterocycles. The highest BCUT2D eigenvalue weighted by atomic mass is 32.1. The maximum absolute atomic E-state index is 13.1. The number of amides is 1. The van der Waals surface area contributed by atoms with Crippen molar-refractivity contribution in [3.8, 4) is 0 Å². The van der Waals surface area contributed by atoms with Crippen molar-refractivity contribution < 1.29 is 18.0 Å². The smallest absolute Gasteiger partial charge is 0.337 e. The zero-order valence-electron chi connectivity index (χ0n) is 10.8. The van der Waals surface area contributed by atoms with Crippen molar-refractivity contribution in [3.63, 3.8) is 0 Å². The number of hydrogen-bond acceptors (Lipinski definition) is 3. The topological polar surface area (TPSA) is 33.2 Å². The van der Waals surface area contributed by atoms with Crippen LogP contribution in [0.2, 0.25) is 0 Å². The number of piperidine rings is 1. The van der Waals surface area contributed by atoms with E-state index in [-0.39, 0.29) is 25.4 Å². The minimum atomic E-state index is -4.16. The molecule has 1 amide bonds. The molecule has 2 heterocycles. The molecule has 1 aromatic rings. The highest BCUT2D eigenvalue weighted by Gasteiger charge is 2.58. The van der Waals surface area contributed by atoms with Gasteiger partial charge in [0.2, 0.25) is 0 Å². The predicted octanol–water partition coefficient (Wildman–Crippen LogP) is 3.34. The van der Waals surface area contributed by atoms with Crippen LogP contribution in [0.4, 0.5) is 13.2 Å². The molecule has 0 radical (unpaired) electrons. The van der Waals surface area contributed by atoms with Crippen LogP contribution in [0.1, 0.15) is 36.2 Å². The van der Waals surface area contributed by atoms with Crippen LogP contribution in [0, 0.1) is 11.3 Å². The normalized spacial score (nSPS) is 25.6. The van der Waals surface area contributed by atoms with Gasteiger partial charge in [-0.3, -0.25) is 4.79 Å². The van der Waals surface area contributed by atoms with Crippen LogP contribution >= 0.6 is 11.3 Å². The Balaban J connectivity index is 1.78. The molecule has 2 aliphatic rings. The second-order valence-corrected chi connectivity index (χ2v) is 6.42. The predicted molar refractivity (Wildman–Crippen MR) is 68.5 cm³/mol. The Morgan fingerprint density at radius 2 is 2.20 bits per heavy atom. The van der Waals surface area contributed by atoms with Gasteiger partial charge in [0.15, 0.2) is 0 Å². The van der Waals surface area contributed by atoms with E-state index in [9.17, 15) is 18.0 Å². The molecule has 0 bridgehead atoms. The first-order valence-electron chi connectivity index (χ1n) is 6.67. The van der Waals surface area contributed by atoms with Crippen LogP contribution in [-0.2, 0) is 0 Å². The number of nitrogens with zero attached hydrogens (tertiary/aromatic N) is 2. The van der Waals surface area contributed by atoms with Crippen LogP contribution in [0.3, 0.4) is 0 Å². The zero-order chi connectivity index (χ0) is 14.4. The minimum Gasteiger partial charge on any atom is -0.337 e. The molecule has 2 fully saturated rings. The standard InChI is InChI=1S/C13H15F3N2OS/c14-13(15,16)10-2-5-18(7-12(10)3-1-4-12)11(19)9-6-20-8-17-9/h6,8,10H,1-5,7H2. The minimum absolute atomic E-state index is 0.0133. The molecule has 0 N–H and O–H groups in total. The van der Waals surface area contributed by atoms with E-state index < -0.39 is 17.5 Å². The van der Waals surface area contributed by atoms with Gasteiger partial charge < -0.3 is 4.90 Å². The maximum atomic E-state index is 13.1. The molecule has 7 heteroatoms. The Hall–Kier alpha value is -1.11. The average molecular weight is 304 g/mol. The molecule has 1 atom stereocenters. The van der Waals surface area contributed by atoms with Gasteiger partial charge in [-0.05, 0) is 24.7 Å². The molecule has 1 aliphatic heterocycles. The van der Waals surface area contributed by atoms with Crippen molar-refractivity contribution in [1.29, 1.82) is 0 Å². The molecular weight excluding hydrogens is 289 g/mol. The molecular formula is C13H15F3N2OS. The van der Waals surface area contributed by atoms with E-state index in [4.69, 9.17) is 0 Å². The van der Waals surface area contributed by atoms with E-state index in [1.807, 2.05) is 0 Å². The maximum Gasteiger partial charge on any atom is 0.392 e. The number of likely N-dealkylation sites (tertiary alicyclic amines) is 1. The third-order valence-electron chi connectivity index (χ3n) is 4.62. The van der Waals surface area contributed by atoms with Crippen molar-refractivity contribution in [2.75, 3.05) is 13.1 Å². The molecule has 110 valence electrons. The summed E-state index contributed by atoms with van der Waals surface area (Å²) in [5, 5.41) is 1.64.